The molecular weight excluding hydrogens is 390 g/mol. The molecule has 1 aromatic heterocycles. The summed E-state index contributed by atoms with van der Waals surface area (Å²) in [4.78, 5) is 30.2. The molecule has 7 nitrogen and oxygen atoms in total. The average molecular weight is 416 g/mol. The van der Waals surface area contributed by atoms with Crippen LogP contribution in [0.5, 0.6) is 0 Å². The van der Waals surface area contributed by atoms with Crippen molar-refractivity contribution in [3.8, 4) is 0 Å². The van der Waals surface area contributed by atoms with Crippen LogP contribution in [0.15, 0.2) is 53.3 Å². The lowest BCUT2D eigenvalue weighted by molar-refractivity contribution is -0.124. The topological polar surface area (TPSA) is 75.0 Å². The molecule has 2 aliphatic heterocycles. The molecule has 8 heteroatoms. The number of amides is 2. The van der Waals surface area contributed by atoms with E-state index in [0.717, 1.165) is 38.4 Å². The summed E-state index contributed by atoms with van der Waals surface area (Å²) in [6.07, 6.45) is 3.23. The van der Waals surface area contributed by atoms with Gasteiger partial charge in [0.25, 0.3) is 5.91 Å². The van der Waals surface area contributed by atoms with Crippen molar-refractivity contribution in [1.82, 2.24) is 15.1 Å². The van der Waals surface area contributed by atoms with Crippen molar-refractivity contribution in [1.29, 1.82) is 0 Å². The van der Waals surface area contributed by atoms with E-state index in [1.165, 1.54) is 0 Å². The van der Waals surface area contributed by atoms with E-state index in [-0.39, 0.29) is 17.2 Å². The zero-order chi connectivity index (χ0) is 20.1. The van der Waals surface area contributed by atoms with Crippen molar-refractivity contribution in [3.63, 3.8) is 0 Å². The van der Waals surface area contributed by atoms with Gasteiger partial charge in [-0.3, -0.25) is 14.5 Å². The van der Waals surface area contributed by atoms with Crippen molar-refractivity contribution in [2.75, 3.05) is 45.1 Å². The Kier molecular flexibility index (Phi) is 6.53. The second-order valence-electron chi connectivity index (χ2n) is 7.08. The van der Waals surface area contributed by atoms with Crippen LogP contribution in [-0.4, -0.2) is 72.8 Å². The van der Waals surface area contributed by atoms with Crippen molar-refractivity contribution < 1.29 is 18.7 Å². The number of furan rings is 1. The summed E-state index contributed by atoms with van der Waals surface area (Å²) < 4.78 is 10.6. The summed E-state index contributed by atoms with van der Waals surface area (Å²) in [6, 6.07) is 10.4. The molecule has 2 aromatic rings. The third kappa shape index (κ3) is 4.66. The summed E-state index contributed by atoms with van der Waals surface area (Å²) in [7, 11) is 0. The summed E-state index contributed by atoms with van der Waals surface area (Å²) in [5.41, 5.74) is 1.47. The Morgan fingerprint density at radius 3 is 2.66 bits per heavy atom. The fraction of sp³-hybridized carbons (Fsp3) is 0.429. The lowest BCUT2D eigenvalue weighted by Gasteiger charge is -2.29. The Hall–Kier alpha value is -2.29. The van der Waals surface area contributed by atoms with Crippen LogP contribution in [-0.2, 0) is 9.53 Å². The van der Waals surface area contributed by atoms with E-state index >= 15 is 0 Å². The van der Waals surface area contributed by atoms with Gasteiger partial charge in [0.05, 0.1) is 25.7 Å². The molecule has 0 spiro atoms. The average Bonchev–Trinajstić information content (AvgIpc) is 3.44. The Morgan fingerprint density at radius 2 is 1.93 bits per heavy atom. The first-order chi connectivity index (χ1) is 14.2. The van der Waals surface area contributed by atoms with Crippen LogP contribution in [0.3, 0.4) is 0 Å². The van der Waals surface area contributed by atoms with Gasteiger partial charge in [0.15, 0.2) is 0 Å². The zero-order valence-corrected chi connectivity index (χ0v) is 17.0. The number of hydrogen-bond donors (Lipinski definition) is 1. The van der Waals surface area contributed by atoms with Gasteiger partial charge in [0.2, 0.25) is 5.91 Å². The van der Waals surface area contributed by atoms with E-state index in [0.29, 0.717) is 17.9 Å². The van der Waals surface area contributed by atoms with Crippen molar-refractivity contribution in [3.05, 3.63) is 60.1 Å². The number of nitrogens with one attached hydrogen (secondary N) is 1. The predicted octanol–water partition coefficient (Wildman–Crippen LogP) is 1.98. The van der Waals surface area contributed by atoms with Crippen LogP contribution in [0, 0.1) is 0 Å². The fourth-order valence-corrected chi connectivity index (χ4v) is 5.04. The van der Waals surface area contributed by atoms with E-state index in [9.17, 15) is 9.59 Å². The maximum atomic E-state index is 13.3. The molecule has 29 heavy (non-hydrogen) atoms. The molecular formula is C21H25N3O4S. The van der Waals surface area contributed by atoms with Gasteiger partial charge in [0, 0.05) is 43.1 Å². The maximum absolute atomic E-state index is 13.3. The third-order valence-corrected chi connectivity index (χ3v) is 6.54. The summed E-state index contributed by atoms with van der Waals surface area (Å²) >= 11 is 1.59. The number of rotatable bonds is 6. The lowest BCUT2D eigenvalue weighted by Crippen LogP contribution is -2.49. The first-order valence-electron chi connectivity index (χ1n) is 9.83. The summed E-state index contributed by atoms with van der Waals surface area (Å²) in [5, 5.41) is 2.78. The van der Waals surface area contributed by atoms with E-state index in [1.807, 2.05) is 24.3 Å². The van der Waals surface area contributed by atoms with E-state index in [4.69, 9.17) is 9.15 Å². The Balaban J connectivity index is 1.45. The van der Waals surface area contributed by atoms with Crippen LogP contribution in [0.2, 0.25) is 0 Å². The Bertz CT molecular complexity index is 809. The highest BCUT2D eigenvalue weighted by atomic mass is 32.2. The molecule has 0 bridgehead atoms. The normalized spacial score (nSPS) is 22.6. The molecule has 0 aliphatic carbocycles. The molecule has 2 fully saturated rings. The van der Waals surface area contributed by atoms with Crippen molar-refractivity contribution in [2.24, 2.45) is 0 Å². The fourth-order valence-electron chi connectivity index (χ4n) is 3.64. The van der Waals surface area contributed by atoms with E-state index in [2.05, 4.69) is 10.2 Å². The SMILES string of the molecule is O=C(NCCN1CCOCC1)C1CSC(c2ccoc2)N1C(=O)c1ccccc1. The monoisotopic (exact) mass is 415 g/mol. The second kappa shape index (κ2) is 9.47. The van der Waals surface area contributed by atoms with Gasteiger partial charge in [-0.2, -0.15) is 0 Å². The van der Waals surface area contributed by atoms with Crippen LogP contribution in [0.1, 0.15) is 21.3 Å². The van der Waals surface area contributed by atoms with Crippen molar-refractivity contribution in [2.45, 2.75) is 11.4 Å². The molecule has 2 atom stereocenters. The predicted molar refractivity (Wildman–Crippen MR) is 111 cm³/mol. The molecule has 2 amide bonds. The number of carbonyl (C=O) groups is 2. The van der Waals surface area contributed by atoms with Gasteiger partial charge in [-0.15, -0.1) is 11.8 Å². The Labute approximate surface area is 174 Å². The highest BCUT2D eigenvalue weighted by Crippen LogP contribution is 2.42. The Morgan fingerprint density at radius 1 is 1.14 bits per heavy atom. The van der Waals surface area contributed by atoms with Crippen LogP contribution in [0.25, 0.3) is 0 Å². The molecule has 4 rings (SSSR count). The highest BCUT2D eigenvalue weighted by molar-refractivity contribution is 7.99. The van der Waals surface area contributed by atoms with Crippen LogP contribution >= 0.6 is 11.8 Å². The molecule has 2 saturated heterocycles. The number of thioether (sulfide) groups is 1. The number of hydrogen-bond acceptors (Lipinski definition) is 6. The van der Waals surface area contributed by atoms with Gasteiger partial charge in [-0.1, -0.05) is 18.2 Å². The van der Waals surface area contributed by atoms with E-state index in [1.54, 1.807) is 41.3 Å². The minimum absolute atomic E-state index is 0.110. The van der Waals surface area contributed by atoms with Gasteiger partial charge < -0.3 is 19.4 Å². The number of benzene rings is 1. The van der Waals surface area contributed by atoms with E-state index < -0.39 is 6.04 Å². The molecule has 3 heterocycles. The van der Waals surface area contributed by atoms with Gasteiger partial charge >= 0.3 is 0 Å². The number of carbonyl (C=O) groups excluding carboxylic acids is 2. The molecule has 2 unspecified atom stereocenters. The van der Waals surface area contributed by atoms with Gasteiger partial charge in [-0.25, -0.2) is 0 Å². The lowest BCUT2D eigenvalue weighted by atomic mass is 10.1. The minimum atomic E-state index is -0.516. The van der Waals surface area contributed by atoms with Crippen LogP contribution in [0.4, 0.5) is 0 Å². The first kappa shape index (κ1) is 20.0. The van der Waals surface area contributed by atoms with Crippen molar-refractivity contribution >= 4 is 23.6 Å². The zero-order valence-electron chi connectivity index (χ0n) is 16.2. The third-order valence-electron chi connectivity index (χ3n) is 5.22. The second-order valence-corrected chi connectivity index (χ2v) is 8.19. The highest BCUT2D eigenvalue weighted by Gasteiger charge is 2.42. The molecule has 2 aliphatic rings. The molecule has 1 aromatic carbocycles. The largest absolute Gasteiger partial charge is 0.472 e. The maximum Gasteiger partial charge on any atom is 0.255 e. The first-order valence-corrected chi connectivity index (χ1v) is 10.9. The number of nitrogens with zero attached hydrogens (tertiary/aromatic N) is 2. The van der Waals surface area contributed by atoms with Gasteiger partial charge in [0.1, 0.15) is 11.4 Å². The number of ether oxygens (including phenoxy) is 1. The molecule has 1 N–H and O–H groups in total. The van der Waals surface area contributed by atoms with Crippen LogP contribution < -0.4 is 5.32 Å². The van der Waals surface area contributed by atoms with Gasteiger partial charge in [-0.05, 0) is 18.2 Å². The molecule has 154 valence electrons. The minimum Gasteiger partial charge on any atom is -0.472 e. The summed E-state index contributed by atoms with van der Waals surface area (Å²) in [5.74, 6) is 0.300. The molecule has 0 radical (unpaired) electrons. The standard InChI is InChI=1S/C21H25N3O4S/c25-19(22-7-8-23-9-12-27-13-10-23)18-15-29-21(17-6-11-28-14-17)24(18)20(26)16-4-2-1-3-5-16/h1-6,11,14,18,21H,7-10,12-13,15H2,(H,22,25). The molecule has 0 saturated carbocycles. The number of morpholine rings is 1. The smallest absolute Gasteiger partial charge is 0.255 e. The quantitative estimate of drug-likeness (QED) is 0.778. The summed E-state index contributed by atoms with van der Waals surface area (Å²) in [6.45, 7) is 4.58.